The number of ether oxygens (including phenoxy) is 1. The van der Waals surface area contributed by atoms with Gasteiger partial charge in [-0.15, -0.1) is 0 Å². The maximum Gasteiger partial charge on any atom is 0.254 e. The van der Waals surface area contributed by atoms with Crippen molar-refractivity contribution in [2.75, 3.05) is 43.0 Å². The van der Waals surface area contributed by atoms with E-state index in [0.717, 1.165) is 19.3 Å². The van der Waals surface area contributed by atoms with Gasteiger partial charge in [-0.1, -0.05) is 6.42 Å². The number of sulfonamides is 1. The van der Waals surface area contributed by atoms with Gasteiger partial charge in [0.2, 0.25) is 15.5 Å². The number of hydrogen-bond donors (Lipinski definition) is 3. The summed E-state index contributed by atoms with van der Waals surface area (Å²) in [5, 5.41) is 2.61. The van der Waals surface area contributed by atoms with Gasteiger partial charge in [0.1, 0.15) is 17.9 Å². The first kappa shape index (κ1) is 22.3. The predicted molar refractivity (Wildman–Crippen MR) is 119 cm³/mol. The van der Waals surface area contributed by atoms with Crippen molar-refractivity contribution in [2.24, 2.45) is 5.73 Å². The number of amides is 1. The fourth-order valence-electron chi connectivity index (χ4n) is 4.26. The number of nitrogens with one attached hydrogen (secondary N) is 1. The highest BCUT2D eigenvalue weighted by Gasteiger charge is 2.31. The van der Waals surface area contributed by atoms with E-state index in [1.165, 1.54) is 10.5 Å². The first-order chi connectivity index (χ1) is 15.1. The smallest absolute Gasteiger partial charge is 0.254 e. The molecular formula is C20H26FN5O5S. The molecule has 12 heteroatoms. The number of carbonyl (C=O) groups excluding carboxylic acids is 1. The maximum atomic E-state index is 15.2. The summed E-state index contributed by atoms with van der Waals surface area (Å²) in [6.07, 6.45) is 3.97. The Bertz CT molecular complexity index is 1250. The number of nitrogens with two attached hydrogens (primary N) is 2. The highest BCUT2D eigenvalue weighted by Crippen LogP contribution is 2.43. The molecule has 1 aromatic carbocycles. The molecule has 174 valence electrons. The molecule has 1 aromatic heterocycles. The average Bonchev–Trinajstić information content (AvgIpc) is 2.76. The largest absolute Gasteiger partial charge is 0.487 e. The molecule has 10 nitrogen and oxygen atoms in total. The summed E-state index contributed by atoms with van der Waals surface area (Å²) < 4.78 is 49.2. The van der Waals surface area contributed by atoms with E-state index >= 15 is 4.39 Å². The molecule has 1 saturated heterocycles. The number of anilines is 2. The number of rotatable bonds is 6. The number of halogens is 1. The molecule has 0 unspecified atom stereocenters. The van der Waals surface area contributed by atoms with Crippen LogP contribution >= 0.6 is 0 Å². The van der Waals surface area contributed by atoms with Crippen LogP contribution in [0.15, 0.2) is 11.0 Å². The lowest BCUT2D eigenvalue weighted by atomic mass is 10.0. The van der Waals surface area contributed by atoms with Gasteiger partial charge in [-0.05, 0) is 19.8 Å². The Morgan fingerprint density at radius 2 is 2.00 bits per heavy atom. The van der Waals surface area contributed by atoms with Crippen LogP contribution in [0.25, 0.3) is 10.9 Å². The lowest BCUT2D eigenvalue weighted by molar-refractivity contribution is 0.0998. The quantitative estimate of drug-likeness (QED) is 0.537. The van der Waals surface area contributed by atoms with Crippen LogP contribution in [-0.2, 0) is 10.0 Å². The second kappa shape index (κ2) is 8.24. The van der Waals surface area contributed by atoms with E-state index < -0.39 is 32.9 Å². The molecule has 2 aromatic rings. The number of hydrogen-bond acceptors (Lipinski definition) is 7. The molecular weight excluding hydrogens is 441 g/mol. The Morgan fingerprint density at radius 3 is 2.66 bits per heavy atom. The summed E-state index contributed by atoms with van der Waals surface area (Å²) in [5.74, 6) is -2.06. The number of nitrogens with zero attached hydrogens (tertiary/aromatic N) is 2. The van der Waals surface area contributed by atoms with Crippen molar-refractivity contribution in [3.05, 3.63) is 27.8 Å². The van der Waals surface area contributed by atoms with Crippen LogP contribution in [0.1, 0.15) is 42.6 Å². The van der Waals surface area contributed by atoms with Crippen LogP contribution in [0.5, 0.6) is 5.75 Å². The van der Waals surface area contributed by atoms with Crippen LogP contribution in [0, 0.1) is 5.82 Å². The molecule has 0 aliphatic carbocycles. The van der Waals surface area contributed by atoms with Crippen molar-refractivity contribution in [3.63, 3.8) is 0 Å². The Kier molecular flexibility index (Phi) is 5.76. The van der Waals surface area contributed by atoms with Crippen molar-refractivity contribution in [1.82, 2.24) is 8.87 Å². The zero-order chi connectivity index (χ0) is 23.2. The van der Waals surface area contributed by atoms with Gasteiger partial charge in [0.05, 0.1) is 28.4 Å². The predicted octanol–water partition coefficient (Wildman–Crippen LogP) is 1.00. The second-order valence-corrected chi connectivity index (χ2v) is 10.2. The topological polar surface area (TPSA) is 150 Å². The van der Waals surface area contributed by atoms with Crippen LogP contribution < -0.4 is 26.9 Å². The van der Waals surface area contributed by atoms with Crippen molar-refractivity contribution < 1.29 is 22.3 Å². The summed E-state index contributed by atoms with van der Waals surface area (Å²) in [4.78, 5) is 24.5. The number of nitrogen functional groups attached to an aromatic ring is 1. The summed E-state index contributed by atoms with van der Waals surface area (Å²) in [5.41, 5.74) is 9.88. The Hall–Kier alpha value is -2.86. The number of aromatic nitrogens is 1. The van der Waals surface area contributed by atoms with Crippen LogP contribution in [0.4, 0.5) is 15.8 Å². The van der Waals surface area contributed by atoms with E-state index in [9.17, 15) is 18.0 Å². The van der Waals surface area contributed by atoms with Gasteiger partial charge in [0.15, 0.2) is 11.6 Å². The summed E-state index contributed by atoms with van der Waals surface area (Å²) in [7, 11) is -3.49. The van der Waals surface area contributed by atoms with Gasteiger partial charge in [0.25, 0.3) is 5.91 Å². The van der Waals surface area contributed by atoms with E-state index in [2.05, 4.69) is 5.32 Å². The molecule has 0 saturated carbocycles. The highest BCUT2D eigenvalue weighted by atomic mass is 32.2. The van der Waals surface area contributed by atoms with Gasteiger partial charge >= 0.3 is 0 Å². The molecule has 1 fully saturated rings. The van der Waals surface area contributed by atoms with Crippen LogP contribution in [0.2, 0.25) is 0 Å². The summed E-state index contributed by atoms with van der Waals surface area (Å²) in [6.45, 7) is 2.85. The first-order valence-electron chi connectivity index (χ1n) is 10.5. The van der Waals surface area contributed by atoms with Gasteiger partial charge in [-0.25, -0.2) is 17.1 Å². The maximum absolute atomic E-state index is 15.2. The van der Waals surface area contributed by atoms with Gasteiger partial charge < -0.3 is 26.1 Å². The molecule has 4 rings (SSSR count). The zero-order valence-electron chi connectivity index (χ0n) is 17.7. The van der Waals surface area contributed by atoms with Crippen LogP contribution in [0.3, 0.4) is 0 Å². The van der Waals surface area contributed by atoms with Crippen LogP contribution in [-0.4, -0.2) is 55.2 Å². The molecule has 1 atom stereocenters. The molecule has 32 heavy (non-hydrogen) atoms. The number of primary amides is 1. The minimum absolute atomic E-state index is 0.0493. The normalized spacial score (nSPS) is 19.0. The fraction of sp³-hybridized carbons (Fsp3) is 0.500. The highest BCUT2D eigenvalue weighted by molar-refractivity contribution is 7.89. The van der Waals surface area contributed by atoms with Crippen molar-refractivity contribution >= 4 is 38.2 Å². The lowest BCUT2D eigenvalue weighted by Crippen LogP contribution is -2.38. The SMILES string of the molecule is C[C@H]1COc2c(NCCS(=O)(=O)N3CCCCC3)c(F)c(N)c3c(=O)c(C(N)=O)cn1c23. The number of piperidine rings is 1. The Labute approximate surface area is 184 Å². The summed E-state index contributed by atoms with van der Waals surface area (Å²) in [6, 6.07) is -0.277. The van der Waals surface area contributed by atoms with Gasteiger partial charge in [0, 0.05) is 25.8 Å². The van der Waals surface area contributed by atoms with E-state index in [1.807, 2.05) is 0 Å². The number of benzene rings is 1. The monoisotopic (exact) mass is 467 g/mol. The molecule has 2 aliphatic rings. The van der Waals surface area contributed by atoms with Crippen molar-refractivity contribution in [3.8, 4) is 5.75 Å². The van der Waals surface area contributed by atoms with E-state index in [0.29, 0.717) is 13.1 Å². The Balaban J connectivity index is 1.74. The van der Waals surface area contributed by atoms with E-state index in [-0.39, 0.29) is 52.8 Å². The molecule has 1 amide bonds. The molecule has 0 radical (unpaired) electrons. The first-order valence-corrected chi connectivity index (χ1v) is 12.1. The standard InChI is InChI=1S/C20H26FN5O5S/c1-11-10-31-19-16(24-5-8-32(29,30)25-6-3-2-4-7-25)14(21)15(22)13-17(19)26(11)9-12(18(13)27)20(23)28/h9,11,24H,2-8,10,22H2,1H3,(H2,23,28)/t11-/m0/s1. The molecule has 5 N–H and O–H groups in total. The average molecular weight is 468 g/mol. The second-order valence-electron chi connectivity index (χ2n) is 8.16. The van der Waals surface area contributed by atoms with Gasteiger partial charge in [-0.3, -0.25) is 9.59 Å². The molecule has 0 spiro atoms. The third-order valence-electron chi connectivity index (χ3n) is 5.98. The Morgan fingerprint density at radius 1 is 1.31 bits per heavy atom. The van der Waals surface area contributed by atoms with Crippen molar-refractivity contribution in [2.45, 2.75) is 32.2 Å². The lowest BCUT2D eigenvalue weighted by Gasteiger charge is -2.29. The van der Waals surface area contributed by atoms with Crippen molar-refractivity contribution in [1.29, 1.82) is 0 Å². The molecule has 3 heterocycles. The zero-order valence-corrected chi connectivity index (χ0v) is 18.5. The molecule has 2 aliphatic heterocycles. The third kappa shape index (κ3) is 3.66. The minimum Gasteiger partial charge on any atom is -0.487 e. The third-order valence-corrected chi connectivity index (χ3v) is 7.85. The fourth-order valence-corrected chi connectivity index (χ4v) is 5.69. The van der Waals surface area contributed by atoms with E-state index in [1.54, 1.807) is 11.5 Å². The number of pyridine rings is 1. The molecule has 0 bridgehead atoms. The van der Waals surface area contributed by atoms with E-state index in [4.69, 9.17) is 16.2 Å². The minimum atomic E-state index is -3.49. The summed E-state index contributed by atoms with van der Waals surface area (Å²) >= 11 is 0. The van der Waals surface area contributed by atoms with Gasteiger partial charge in [-0.2, -0.15) is 0 Å². The number of carbonyl (C=O) groups is 1.